The standard InChI is InChI=1S/C13H17N3S2/c1-10-12(9-16-6-4-14-5-7-16)18-13(15-10)11-3-2-8-17-11/h2-3,8,14H,4-7,9H2,1H3. The van der Waals surface area contributed by atoms with Crippen molar-refractivity contribution in [3.05, 3.63) is 28.1 Å². The zero-order valence-corrected chi connectivity index (χ0v) is 12.1. The number of nitrogens with one attached hydrogen (secondary N) is 1. The number of nitrogens with zero attached hydrogens (tertiary/aromatic N) is 2. The van der Waals surface area contributed by atoms with Crippen molar-refractivity contribution in [3.8, 4) is 9.88 Å². The largest absolute Gasteiger partial charge is 0.314 e. The fraction of sp³-hybridized carbons (Fsp3) is 0.462. The molecule has 0 aromatic carbocycles. The van der Waals surface area contributed by atoms with E-state index in [0.29, 0.717) is 0 Å². The third-order valence-corrected chi connectivity index (χ3v) is 5.38. The Morgan fingerprint density at radius 3 is 2.94 bits per heavy atom. The van der Waals surface area contributed by atoms with Crippen LogP contribution in [0, 0.1) is 6.92 Å². The van der Waals surface area contributed by atoms with E-state index in [2.05, 4.69) is 34.7 Å². The van der Waals surface area contributed by atoms with Gasteiger partial charge in [-0.15, -0.1) is 22.7 Å². The molecule has 0 aliphatic carbocycles. The Labute approximate surface area is 115 Å². The maximum Gasteiger partial charge on any atom is 0.133 e. The van der Waals surface area contributed by atoms with Gasteiger partial charge in [0.2, 0.25) is 0 Å². The van der Waals surface area contributed by atoms with E-state index in [4.69, 9.17) is 4.98 Å². The molecule has 1 aliphatic rings. The zero-order valence-electron chi connectivity index (χ0n) is 10.5. The maximum absolute atomic E-state index is 4.71. The Balaban J connectivity index is 1.76. The van der Waals surface area contributed by atoms with E-state index in [1.165, 1.54) is 20.5 Å². The van der Waals surface area contributed by atoms with Crippen LogP contribution in [0.3, 0.4) is 0 Å². The maximum atomic E-state index is 4.71. The summed E-state index contributed by atoms with van der Waals surface area (Å²) in [7, 11) is 0. The fourth-order valence-electron chi connectivity index (χ4n) is 2.15. The Kier molecular flexibility index (Phi) is 3.75. The average Bonchev–Trinajstić information content (AvgIpc) is 3.01. The van der Waals surface area contributed by atoms with Gasteiger partial charge in [0.05, 0.1) is 10.6 Å². The minimum Gasteiger partial charge on any atom is -0.314 e. The lowest BCUT2D eigenvalue weighted by Crippen LogP contribution is -2.42. The second kappa shape index (κ2) is 5.48. The van der Waals surface area contributed by atoms with Crippen molar-refractivity contribution in [3.63, 3.8) is 0 Å². The van der Waals surface area contributed by atoms with E-state index in [1.54, 1.807) is 11.3 Å². The van der Waals surface area contributed by atoms with Gasteiger partial charge in [0.25, 0.3) is 0 Å². The third-order valence-electron chi connectivity index (χ3n) is 3.20. The first-order valence-electron chi connectivity index (χ1n) is 6.26. The van der Waals surface area contributed by atoms with Gasteiger partial charge in [-0.1, -0.05) is 6.07 Å². The number of aromatic nitrogens is 1. The minimum absolute atomic E-state index is 1.05. The highest BCUT2D eigenvalue weighted by Gasteiger charge is 2.15. The van der Waals surface area contributed by atoms with Crippen molar-refractivity contribution in [2.75, 3.05) is 26.2 Å². The molecule has 0 radical (unpaired) electrons. The zero-order chi connectivity index (χ0) is 12.4. The van der Waals surface area contributed by atoms with Crippen LogP contribution in [0.2, 0.25) is 0 Å². The lowest BCUT2D eigenvalue weighted by Gasteiger charge is -2.26. The van der Waals surface area contributed by atoms with E-state index < -0.39 is 0 Å². The van der Waals surface area contributed by atoms with Crippen LogP contribution in [-0.4, -0.2) is 36.1 Å². The van der Waals surface area contributed by atoms with E-state index in [9.17, 15) is 0 Å². The molecule has 1 fully saturated rings. The van der Waals surface area contributed by atoms with E-state index in [0.717, 1.165) is 32.7 Å². The van der Waals surface area contributed by atoms with Crippen molar-refractivity contribution in [1.29, 1.82) is 0 Å². The van der Waals surface area contributed by atoms with E-state index in [1.807, 2.05) is 11.3 Å². The van der Waals surface area contributed by atoms with Gasteiger partial charge in [-0.25, -0.2) is 4.98 Å². The summed E-state index contributed by atoms with van der Waals surface area (Å²) in [4.78, 5) is 9.92. The summed E-state index contributed by atoms with van der Waals surface area (Å²) in [5, 5.41) is 6.68. The van der Waals surface area contributed by atoms with Crippen LogP contribution in [0.4, 0.5) is 0 Å². The van der Waals surface area contributed by atoms with Crippen molar-refractivity contribution in [2.24, 2.45) is 0 Å². The van der Waals surface area contributed by atoms with Gasteiger partial charge >= 0.3 is 0 Å². The Morgan fingerprint density at radius 2 is 2.22 bits per heavy atom. The van der Waals surface area contributed by atoms with Crippen molar-refractivity contribution < 1.29 is 0 Å². The average molecular weight is 279 g/mol. The molecule has 0 atom stereocenters. The SMILES string of the molecule is Cc1nc(-c2cccs2)sc1CN1CCNCC1. The molecular weight excluding hydrogens is 262 g/mol. The molecule has 3 heterocycles. The molecule has 18 heavy (non-hydrogen) atoms. The summed E-state index contributed by atoms with van der Waals surface area (Å²) >= 11 is 3.62. The highest BCUT2D eigenvalue weighted by molar-refractivity contribution is 7.21. The summed E-state index contributed by atoms with van der Waals surface area (Å²) in [6.45, 7) is 7.68. The lowest BCUT2D eigenvalue weighted by molar-refractivity contribution is 0.234. The molecule has 0 spiro atoms. The molecule has 5 heteroatoms. The quantitative estimate of drug-likeness (QED) is 0.936. The lowest BCUT2D eigenvalue weighted by atomic mass is 10.3. The summed E-state index contributed by atoms with van der Waals surface area (Å²) in [6, 6.07) is 4.24. The molecule has 1 saturated heterocycles. The second-order valence-corrected chi connectivity index (χ2v) is 6.56. The molecule has 0 saturated carbocycles. The highest BCUT2D eigenvalue weighted by Crippen LogP contribution is 2.31. The van der Waals surface area contributed by atoms with Gasteiger partial charge in [0, 0.05) is 37.6 Å². The van der Waals surface area contributed by atoms with Crippen molar-refractivity contribution in [2.45, 2.75) is 13.5 Å². The summed E-state index contributed by atoms with van der Waals surface area (Å²) in [6.07, 6.45) is 0. The van der Waals surface area contributed by atoms with Crippen LogP contribution in [0.1, 0.15) is 10.6 Å². The molecular formula is C13H17N3S2. The van der Waals surface area contributed by atoms with Crippen LogP contribution in [0.15, 0.2) is 17.5 Å². The number of hydrogen-bond donors (Lipinski definition) is 1. The second-order valence-electron chi connectivity index (χ2n) is 4.53. The predicted molar refractivity (Wildman–Crippen MR) is 78.3 cm³/mol. The van der Waals surface area contributed by atoms with E-state index >= 15 is 0 Å². The molecule has 0 bridgehead atoms. The van der Waals surface area contributed by atoms with Crippen LogP contribution < -0.4 is 5.32 Å². The summed E-state index contributed by atoms with van der Waals surface area (Å²) in [5.41, 5.74) is 1.20. The molecule has 3 rings (SSSR count). The first kappa shape index (κ1) is 12.3. The molecule has 0 amide bonds. The van der Waals surface area contributed by atoms with Gasteiger partial charge in [-0.05, 0) is 18.4 Å². The Bertz CT molecular complexity index is 498. The molecule has 96 valence electrons. The van der Waals surface area contributed by atoms with Crippen molar-refractivity contribution >= 4 is 22.7 Å². The molecule has 1 N–H and O–H groups in total. The van der Waals surface area contributed by atoms with Crippen LogP contribution >= 0.6 is 22.7 Å². The first-order chi connectivity index (χ1) is 8.83. The molecule has 1 aliphatic heterocycles. The fourth-order valence-corrected chi connectivity index (χ4v) is 4.05. The topological polar surface area (TPSA) is 28.2 Å². The van der Waals surface area contributed by atoms with Crippen molar-refractivity contribution in [1.82, 2.24) is 15.2 Å². The number of aryl methyl sites for hydroxylation is 1. The smallest absolute Gasteiger partial charge is 0.133 e. The Morgan fingerprint density at radius 1 is 1.39 bits per heavy atom. The Hall–Kier alpha value is -0.750. The van der Waals surface area contributed by atoms with E-state index in [-0.39, 0.29) is 0 Å². The number of rotatable bonds is 3. The van der Waals surface area contributed by atoms with Crippen LogP contribution in [0.25, 0.3) is 9.88 Å². The first-order valence-corrected chi connectivity index (χ1v) is 7.96. The third kappa shape index (κ3) is 2.64. The summed E-state index contributed by atoms with van der Waals surface area (Å²) < 4.78 is 0. The number of thiazole rings is 1. The van der Waals surface area contributed by atoms with Gasteiger partial charge in [0.1, 0.15) is 5.01 Å². The predicted octanol–water partition coefficient (Wildman–Crippen LogP) is 2.59. The molecule has 2 aromatic rings. The minimum atomic E-state index is 1.05. The monoisotopic (exact) mass is 279 g/mol. The van der Waals surface area contributed by atoms with Crippen LogP contribution in [0.5, 0.6) is 0 Å². The summed E-state index contributed by atoms with van der Waals surface area (Å²) in [5.74, 6) is 0. The van der Waals surface area contributed by atoms with Gasteiger partial charge in [-0.2, -0.15) is 0 Å². The number of hydrogen-bond acceptors (Lipinski definition) is 5. The van der Waals surface area contributed by atoms with Crippen LogP contribution in [-0.2, 0) is 6.54 Å². The number of thiophene rings is 1. The van der Waals surface area contributed by atoms with Gasteiger partial charge in [0.15, 0.2) is 0 Å². The van der Waals surface area contributed by atoms with Gasteiger partial charge < -0.3 is 5.32 Å². The molecule has 0 unspecified atom stereocenters. The molecule has 2 aromatic heterocycles. The molecule has 3 nitrogen and oxygen atoms in total. The number of piperazine rings is 1. The highest BCUT2D eigenvalue weighted by atomic mass is 32.1. The normalized spacial score (nSPS) is 17.2. The van der Waals surface area contributed by atoms with Gasteiger partial charge in [-0.3, -0.25) is 4.90 Å².